The Kier molecular flexibility index (Phi) is 2.58. The summed E-state index contributed by atoms with van der Waals surface area (Å²) in [5.74, 6) is 0. The van der Waals surface area contributed by atoms with Gasteiger partial charge in [0.2, 0.25) is 0 Å². The van der Waals surface area contributed by atoms with Crippen LogP contribution in [0.2, 0.25) is 0 Å². The van der Waals surface area contributed by atoms with Gasteiger partial charge in [-0.3, -0.25) is 9.76 Å². The van der Waals surface area contributed by atoms with Crippen molar-refractivity contribution in [2.75, 3.05) is 4.47 Å². The van der Waals surface area contributed by atoms with Crippen molar-refractivity contribution in [1.29, 1.82) is 0 Å². The number of rotatable bonds is 2. The molecule has 2 N–H and O–H groups in total. The Morgan fingerprint density at radius 3 is 2.27 bits per heavy atom. The first-order valence-electron chi connectivity index (χ1n) is 2.87. The molecule has 0 aliphatic heterocycles. The lowest BCUT2D eigenvalue weighted by molar-refractivity contribution is 0.312. The molecule has 0 fully saturated rings. The summed E-state index contributed by atoms with van der Waals surface area (Å²) >= 11 is -2.37. The Morgan fingerprint density at radius 1 is 1.27 bits per heavy atom. The Morgan fingerprint density at radius 2 is 1.82 bits per heavy atom. The molecule has 1 unspecified atom stereocenters. The quantitative estimate of drug-likeness (QED) is 0.518. The molecule has 4 nitrogen and oxygen atoms in total. The molecule has 1 rings (SSSR count). The van der Waals surface area contributed by atoms with Crippen molar-refractivity contribution < 1.29 is 14.0 Å². The molecule has 0 aromatic heterocycles. The van der Waals surface area contributed by atoms with E-state index in [-0.39, 0.29) is 10.2 Å². The van der Waals surface area contributed by atoms with Gasteiger partial charge in [-0.1, -0.05) is 18.2 Å². The lowest BCUT2D eigenvalue weighted by atomic mass is 10.3. The van der Waals surface area contributed by atoms with E-state index in [9.17, 15) is 4.21 Å². The molecule has 0 saturated carbocycles. The molecule has 0 heterocycles. The van der Waals surface area contributed by atoms with Crippen molar-refractivity contribution in [2.45, 2.75) is 0 Å². The third-order valence-corrected chi connectivity index (χ3v) is 1.63. The number of nitrogens with zero attached hydrogens (tertiary/aromatic N) is 1. The molecule has 0 aliphatic carbocycles. The lowest BCUT2D eigenvalue weighted by Crippen LogP contribution is -2.19. The summed E-state index contributed by atoms with van der Waals surface area (Å²) in [6.07, 6.45) is 0. The highest BCUT2D eigenvalue weighted by atomic mass is 32.2. The minimum absolute atomic E-state index is 0.278. The summed E-state index contributed by atoms with van der Waals surface area (Å²) in [5.41, 5.74) is 0.285. The molecule has 0 radical (unpaired) electrons. The normalized spacial score (nSPS) is 12.5. The van der Waals surface area contributed by atoms with Crippen molar-refractivity contribution in [3.63, 3.8) is 0 Å². The number of benzene rings is 1. The number of hydrogen-bond donors (Lipinski definition) is 2. The highest BCUT2D eigenvalue weighted by molar-refractivity contribution is 7.80. The summed E-state index contributed by atoms with van der Waals surface area (Å²) in [5, 5.41) is 8.88. The molecule has 1 atom stereocenters. The van der Waals surface area contributed by atoms with Crippen molar-refractivity contribution in [2.24, 2.45) is 0 Å². The Bertz CT molecular complexity index is 251. The third-order valence-electron chi connectivity index (χ3n) is 1.13. The first-order valence-corrected chi connectivity index (χ1v) is 3.93. The topological polar surface area (TPSA) is 60.8 Å². The Balaban J connectivity index is 2.85. The molecule has 60 valence electrons. The van der Waals surface area contributed by atoms with Crippen molar-refractivity contribution in [1.82, 2.24) is 0 Å². The fourth-order valence-corrected chi connectivity index (χ4v) is 0.948. The van der Waals surface area contributed by atoms with Crippen LogP contribution in [0.25, 0.3) is 0 Å². The first kappa shape index (κ1) is 8.19. The average Bonchev–Trinajstić information content (AvgIpc) is 2.05. The van der Waals surface area contributed by atoms with E-state index in [1.165, 1.54) is 12.1 Å². The van der Waals surface area contributed by atoms with Crippen LogP contribution in [0.4, 0.5) is 5.69 Å². The molecule has 0 amide bonds. The molecule has 0 aliphatic rings. The van der Waals surface area contributed by atoms with Gasteiger partial charge in [-0.25, -0.2) is 4.21 Å². The van der Waals surface area contributed by atoms with Gasteiger partial charge in [-0.2, -0.15) is 0 Å². The maximum atomic E-state index is 10.3. The van der Waals surface area contributed by atoms with E-state index in [0.717, 1.165) is 0 Å². The second kappa shape index (κ2) is 3.47. The lowest BCUT2D eigenvalue weighted by Gasteiger charge is -2.09. The SMILES string of the molecule is O=S(O)N(O)c1ccccc1. The second-order valence-electron chi connectivity index (χ2n) is 1.84. The molecular weight excluding hydrogens is 166 g/mol. The number of anilines is 1. The smallest absolute Gasteiger partial charge is 0.286 e. The van der Waals surface area contributed by atoms with Gasteiger partial charge in [0.1, 0.15) is 0 Å². The van der Waals surface area contributed by atoms with Crippen LogP contribution in [0.5, 0.6) is 0 Å². The van der Waals surface area contributed by atoms with Crippen molar-refractivity contribution in [3.05, 3.63) is 30.3 Å². The fourth-order valence-electron chi connectivity index (χ4n) is 0.646. The standard InChI is InChI=1S/C6H7NO3S/c8-7(11(9)10)6-4-2-1-3-5-6/h1-5,8H,(H,9,10). The summed E-state index contributed by atoms with van der Waals surface area (Å²) in [4.78, 5) is 0. The van der Waals surface area contributed by atoms with Gasteiger partial charge in [0.15, 0.2) is 0 Å². The maximum absolute atomic E-state index is 10.3. The van der Waals surface area contributed by atoms with Crippen LogP contribution < -0.4 is 4.47 Å². The van der Waals surface area contributed by atoms with Crippen LogP contribution in [-0.2, 0) is 11.3 Å². The molecule has 0 spiro atoms. The monoisotopic (exact) mass is 173 g/mol. The van der Waals surface area contributed by atoms with E-state index in [0.29, 0.717) is 0 Å². The number of hydrogen-bond acceptors (Lipinski definition) is 2. The largest absolute Gasteiger partial charge is 0.288 e. The third kappa shape index (κ3) is 2.01. The van der Waals surface area contributed by atoms with Gasteiger partial charge in [0, 0.05) is 0 Å². The van der Waals surface area contributed by atoms with Crippen molar-refractivity contribution in [3.8, 4) is 0 Å². The molecule has 11 heavy (non-hydrogen) atoms. The van der Waals surface area contributed by atoms with Crippen LogP contribution in [0, 0.1) is 0 Å². The highest BCUT2D eigenvalue weighted by Crippen LogP contribution is 2.10. The second-order valence-corrected chi connectivity index (χ2v) is 2.65. The fraction of sp³-hybridized carbons (Fsp3) is 0. The van der Waals surface area contributed by atoms with E-state index in [1.807, 2.05) is 0 Å². The molecule has 0 saturated heterocycles. The summed E-state index contributed by atoms with van der Waals surface area (Å²) in [7, 11) is 0. The van der Waals surface area contributed by atoms with Gasteiger partial charge in [0.05, 0.1) is 5.69 Å². The first-order chi connectivity index (χ1) is 5.22. The predicted octanol–water partition coefficient (Wildman–Crippen LogP) is 1.02. The van der Waals surface area contributed by atoms with Gasteiger partial charge in [0.25, 0.3) is 11.3 Å². The zero-order valence-electron chi connectivity index (χ0n) is 5.54. The Hall–Kier alpha value is -0.910. The number of para-hydroxylation sites is 1. The Labute approximate surface area is 66.5 Å². The van der Waals surface area contributed by atoms with Crippen LogP contribution in [0.1, 0.15) is 0 Å². The minimum Gasteiger partial charge on any atom is -0.288 e. The zero-order chi connectivity index (χ0) is 8.27. The van der Waals surface area contributed by atoms with Crippen molar-refractivity contribution >= 4 is 17.0 Å². The van der Waals surface area contributed by atoms with E-state index in [4.69, 9.17) is 9.76 Å². The van der Waals surface area contributed by atoms with Gasteiger partial charge < -0.3 is 0 Å². The zero-order valence-corrected chi connectivity index (χ0v) is 6.36. The van der Waals surface area contributed by atoms with Crippen LogP contribution >= 0.6 is 0 Å². The van der Waals surface area contributed by atoms with Gasteiger partial charge in [-0.05, 0) is 12.1 Å². The summed E-state index contributed by atoms with van der Waals surface area (Å²) in [6.45, 7) is 0. The predicted molar refractivity (Wildman–Crippen MR) is 41.5 cm³/mol. The summed E-state index contributed by atoms with van der Waals surface area (Å²) < 4.78 is 19.0. The minimum atomic E-state index is -2.37. The van der Waals surface area contributed by atoms with E-state index in [2.05, 4.69) is 0 Å². The molecule has 5 heteroatoms. The highest BCUT2D eigenvalue weighted by Gasteiger charge is 2.05. The molecule has 1 aromatic rings. The van der Waals surface area contributed by atoms with E-state index in [1.54, 1.807) is 18.2 Å². The van der Waals surface area contributed by atoms with Crippen LogP contribution in [0.15, 0.2) is 30.3 Å². The van der Waals surface area contributed by atoms with Gasteiger partial charge in [-0.15, -0.1) is 4.47 Å². The summed E-state index contributed by atoms with van der Waals surface area (Å²) in [6, 6.07) is 8.11. The molecular formula is C6H7NO3S. The molecule has 1 aromatic carbocycles. The van der Waals surface area contributed by atoms with E-state index >= 15 is 0 Å². The maximum Gasteiger partial charge on any atom is 0.286 e. The van der Waals surface area contributed by atoms with Crippen LogP contribution in [-0.4, -0.2) is 14.0 Å². The van der Waals surface area contributed by atoms with Crippen LogP contribution in [0.3, 0.4) is 0 Å². The van der Waals surface area contributed by atoms with E-state index < -0.39 is 11.3 Å². The molecule has 0 bridgehead atoms. The average molecular weight is 173 g/mol. The van der Waals surface area contributed by atoms with Gasteiger partial charge >= 0.3 is 0 Å².